The van der Waals surface area contributed by atoms with Crippen LogP contribution in [0.25, 0.3) is 0 Å². The average Bonchev–Trinajstić information content (AvgIpc) is 3.38. The predicted molar refractivity (Wildman–Crippen MR) is 126 cm³/mol. The minimum atomic E-state index is -0.553. The third-order valence-corrected chi connectivity index (χ3v) is 6.77. The van der Waals surface area contributed by atoms with Gasteiger partial charge in [0.05, 0.1) is 0 Å². The van der Waals surface area contributed by atoms with E-state index in [0.29, 0.717) is 47.1 Å². The Morgan fingerprint density at radius 3 is 1.91 bits per heavy atom. The summed E-state index contributed by atoms with van der Waals surface area (Å²) in [5.74, 6) is 2.97. The van der Waals surface area contributed by atoms with Crippen molar-refractivity contribution in [1.82, 2.24) is 9.97 Å². The molecule has 0 fully saturated rings. The molecule has 3 atom stereocenters. The number of carbonyl (C=O) groups is 2. The third-order valence-electron chi connectivity index (χ3n) is 6.77. The van der Waals surface area contributed by atoms with Crippen LogP contribution in [0.2, 0.25) is 0 Å². The lowest BCUT2D eigenvalue weighted by molar-refractivity contribution is 0.0991. The maximum absolute atomic E-state index is 11.2. The van der Waals surface area contributed by atoms with Gasteiger partial charge < -0.3 is 14.6 Å². The first-order chi connectivity index (χ1) is 14.7. The Morgan fingerprint density at radius 1 is 0.969 bits per heavy atom. The molecule has 0 aliphatic heterocycles. The van der Waals surface area contributed by atoms with Gasteiger partial charge in [0.1, 0.15) is 18.2 Å². The summed E-state index contributed by atoms with van der Waals surface area (Å²) in [5, 5.41) is 0. The number of hydrogen-bond donors (Lipinski definition) is 1. The quantitative estimate of drug-likeness (QED) is 0.471. The van der Waals surface area contributed by atoms with Crippen molar-refractivity contribution in [3.05, 3.63) is 35.7 Å². The van der Waals surface area contributed by atoms with Gasteiger partial charge in [0.15, 0.2) is 17.4 Å². The van der Waals surface area contributed by atoms with Crippen LogP contribution < -0.4 is 5.73 Å². The first-order valence-electron chi connectivity index (χ1n) is 11.5. The second-order valence-electron chi connectivity index (χ2n) is 9.90. The number of hydrogen-bond acceptors (Lipinski definition) is 6. The molecule has 0 aromatic carbocycles. The number of nitrogens with two attached hydrogens (primary N) is 1. The van der Waals surface area contributed by atoms with E-state index < -0.39 is 5.91 Å². The number of Topliss-reactive ketones (excluding diaryl/α,β-unsaturated/α-hetero) is 1. The molecular weight excluding hydrogens is 406 g/mol. The molecule has 0 aliphatic carbocycles. The molecule has 0 bridgehead atoms. The summed E-state index contributed by atoms with van der Waals surface area (Å²) in [6, 6.07) is 0. The summed E-state index contributed by atoms with van der Waals surface area (Å²) in [5.41, 5.74) is 5.57. The SMILES string of the molecule is CC(C)[C@H](C)C(C)(C)c1nc(C(N)=O)co1.CC[C@@H](c1nc(C(C)=O)co1)[C@@H](C)C(C)C. The lowest BCUT2D eigenvalue weighted by Crippen LogP contribution is -2.30. The standard InChI is InChI=1S/C13H21NO2.C12H20N2O2/c1-6-11(9(4)8(2)3)13-14-12(7-16-13)10(5)15;1-7(2)8(3)12(4,5)11-14-9(6-16-11)10(13)15/h7-9,11H,6H2,1-5H3;6-8H,1-5H3,(H2,13,15)/t9-,11+;8-/m00/s1. The summed E-state index contributed by atoms with van der Waals surface area (Å²) in [7, 11) is 0. The summed E-state index contributed by atoms with van der Waals surface area (Å²) in [6.07, 6.45) is 3.77. The van der Waals surface area contributed by atoms with Crippen LogP contribution in [0.15, 0.2) is 21.4 Å². The molecule has 2 heterocycles. The highest BCUT2D eigenvalue weighted by atomic mass is 16.3. The van der Waals surface area contributed by atoms with Crippen LogP contribution in [0, 0.1) is 23.7 Å². The van der Waals surface area contributed by atoms with E-state index >= 15 is 0 Å². The average molecular weight is 448 g/mol. The first-order valence-corrected chi connectivity index (χ1v) is 11.5. The number of nitrogens with zero attached hydrogens (tertiary/aromatic N) is 2. The summed E-state index contributed by atoms with van der Waals surface area (Å²) in [4.78, 5) is 30.5. The zero-order valence-corrected chi connectivity index (χ0v) is 21.4. The monoisotopic (exact) mass is 447 g/mol. The fraction of sp³-hybridized carbons (Fsp3) is 0.680. The molecule has 2 rings (SSSR count). The van der Waals surface area contributed by atoms with E-state index in [0.717, 1.165) is 6.42 Å². The number of rotatable bonds is 9. The van der Waals surface area contributed by atoms with Crippen molar-refractivity contribution in [2.75, 3.05) is 0 Å². The van der Waals surface area contributed by atoms with Crippen molar-refractivity contribution in [2.24, 2.45) is 29.4 Å². The Bertz CT molecular complexity index is 879. The largest absolute Gasteiger partial charge is 0.448 e. The molecule has 7 heteroatoms. The molecule has 1 amide bonds. The van der Waals surface area contributed by atoms with Gasteiger partial charge in [-0.1, -0.05) is 62.3 Å². The maximum atomic E-state index is 11.2. The minimum absolute atomic E-state index is 0.0398. The second-order valence-corrected chi connectivity index (χ2v) is 9.90. The molecule has 7 nitrogen and oxygen atoms in total. The lowest BCUT2D eigenvalue weighted by atomic mass is 9.74. The number of primary amides is 1. The molecule has 0 unspecified atom stereocenters. The summed E-state index contributed by atoms with van der Waals surface area (Å²) >= 11 is 0. The van der Waals surface area contributed by atoms with Crippen molar-refractivity contribution in [1.29, 1.82) is 0 Å². The van der Waals surface area contributed by atoms with Crippen LogP contribution in [0.4, 0.5) is 0 Å². The Balaban J connectivity index is 0.000000320. The molecule has 0 aliphatic rings. The zero-order chi connectivity index (χ0) is 24.8. The molecular formula is C25H41N3O4. The van der Waals surface area contributed by atoms with Crippen LogP contribution in [0.1, 0.15) is 114 Å². The lowest BCUT2D eigenvalue weighted by Gasteiger charge is -2.31. The predicted octanol–water partition coefficient (Wildman–Crippen LogP) is 6.01. The third kappa shape index (κ3) is 6.78. The molecule has 32 heavy (non-hydrogen) atoms. The van der Waals surface area contributed by atoms with E-state index in [9.17, 15) is 9.59 Å². The molecule has 2 aromatic heterocycles. The Hall–Kier alpha value is -2.44. The Labute approximate surface area is 192 Å². The molecule has 2 N–H and O–H groups in total. The molecule has 180 valence electrons. The second kappa shape index (κ2) is 11.4. The van der Waals surface area contributed by atoms with Gasteiger partial charge in [-0.25, -0.2) is 9.97 Å². The van der Waals surface area contributed by atoms with Crippen molar-refractivity contribution in [3.63, 3.8) is 0 Å². The van der Waals surface area contributed by atoms with Crippen molar-refractivity contribution < 1.29 is 18.4 Å². The van der Waals surface area contributed by atoms with Crippen LogP contribution in [-0.2, 0) is 5.41 Å². The fourth-order valence-corrected chi connectivity index (χ4v) is 3.57. The molecule has 0 spiro atoms. The van der Waals surface area contributed by atoms with Gasteiger partial charge in [-0.2, -0.15) is 0 Å². The Morgan fingerprint density at radius 2 is 1.53 bits per heavy atom. The maximum Gasteiger partial charge on any atom is 0.270 e. The van der Waals surface area contributed by atoms with Crippen LogP contribution >= 0.6 is 0 Å². The van der Waals surface area contributed by atoms with Crippen LogP contribution in [-0.4, -0.2) is 21.7 Å². The van der Waals surface area contributed by atoms with E-state index in [2.05, 4.69) is 72.3 Å². The topological polar surface area (TPSA) is 112 Å². The smallest absolute Gasteiger partial charge is 0.270 e. The number of oxazole rings is 2. The number of carbonyl (C=O) groups excluding carboxylic acids is 2. The van der Waals surface area contributed by atoms with Gasteiger partial charge in [0.2, 0.25) is 5.89 Å². The normalized spacial score (nSPS) is 14.6. The Kier molecular flexibility index (Phi) is 9.86. The van der Waals surface area contributed by atoms with Gasteiger partial charge in [-0.15, -0.1) is 0 Å². The molecule has 2 aromatic rings. The van der Waals surface area contributed by atoms with Crippen molar-refractivity contribution in [3.8, 4) is 0 Å². The van der Waals surface area contributed by atoms with Crippen LogP contribution in [0.5, 0.6) is 0 Å². The van der Waals surface area contributed by atoms with Gasteiger partial charge in [0.25, 0.3) is 5.91 Å². The van der Waals surface area contributed by atoms with Gasteiger partial charge in [-0.05, 0) is 30.1 Å². The van der Waals surface area contributed by atoms with Crippen molar-refractivity contribution >= 4 is 11.7 Å². The van der Waals surface area contributed by atoms with Gasteiger partial charge in [-0.3, -0.25) is 9.59 Å². The van der Waals surface area contributed by atoms with E-state index in [1.165, 1.54) is 19.5 Å². The van der Waals surface area contributed by atoms with E-state index in [-0.39, 0.29) is 16.9 Å². The highest BCUT2D eigenvalue weighted by molar-refractivity contribution is 5.91. The van der Waals surface area contributed by atoms with Crippen molar-refractivity contribution in [2.45, 2.75) is 87.0 Å². The molecule has 0 saturated carbocycles. The van der Waals surface area contributed by atoms with E-state index in [1.54, 1.807) is 0 Å². The highest BCUT2D eigenvalue weighted by Gasteiger charge is 2.34. The van der Waals surface area contributed by atoms with E-state index in [4.69, 9.17) is 14.6 Å². The fourth-order valence-electron chi connectivity index (χ4n) is 3.57. The highest BCUT2D eigenvalue weighted by Crippen LogP contribution is 2.35. The molecule has 0 radical (unpaired) electrons. The number of ketones is 1. The van der Waals surface area contributed by atoms with Gasteiger partial charge >= 0.3 is 0 Å². The summed E-state index contributed by atoms with van der Waals surface area (Å²) in [6.45, 7) is 20.8. The summed E-state index contributed by atoms with van der Waals surface area (Å²) < 4.78 is 10.8. The zero-order valence-electron chi connectivity index (χ0n) is 21.4. The van der Waals surface area contributed by atoms with E-state index in [1.807, 2.05) is 0 Å². The molecule has 0 saturated heterocycles. The van der Waals surface area contributed by atoms with Crippen LogP contribution in [0.3, 0.4) is 0 Å². The first kappa shape index (κ1) is 27.6. The number of amides is 1. The minimum Gasteiger partial charge on any atom is -0.448 e. The van der Waals surface area contributed by atoms with Gasteiger partial charge in [0, 0.05) is 18.3 Å². The number of aromatic nitrogens is 2.